The van der Waals surface area contributed by atoms with Crippen LogP contribution >= 0.6 is 27.7 Å². The van der Waals surface area contributed by atoms with E-state index in [1.54, 1.807) is 0 Å². The van der Waals surface area contributed by atoms with Crippen LogP contribution in [0.4, 0.5) is 0 Å². The number of hydrogen-bond donors (Lipinski definition) is 0. The number of aryl methyl sites for hydroxylation is 1. The Hall–Kier alpha value is -2.12. The van der Waals surface area contributed by atoms with Crippen molar-refractivity contribution in [2.45, 2.75) is 42.8 Å². The molecule has 0 spiro atoms. The van der Waals surface area contributed by atoms with E-state index < -0.39 is 0 Å². The summed E-state index contributed by atoms with van der Waals surface area (Å²) < 4.78 is 8.42. The van der Waals surface area contributed by atoms with Crippen molar-refractivity contribution in [1.29, 1.82) is 0 Å². The van der Waals surface area contributed by atoms with Gasteiger partial charge in [0.05, 0.1) is 0 Å². The van der Waals surface area contributed by atoms with Gasteiger partial charge in [-0.3, -0.25) is 4.79 Å². The largest absolute Gasteiger partial charge is 0.462 e. The molecule has 1 aliphatic heterocycles. The molecule has 28 heavy (non-hydrogen) atoms. The molecule has 1 saturated heterocycles. The maximum atomic E-state index is 12.1. The van der Waals surface area contributed by atoms with E-state index in [1.807, 2.05) is 49.4 Å². The molecule has 4 rings (SSSR count). The minimum atomic E-state index is -0.229. The highest BCUT2D eigenvalue weighted by molar-refractivity contribution is 9.10. The first-order chi connectivity index (χ1) is 13.6. The van der Waals surface area contributed by atoms with Crippen LogP contribution in [0.2, 0.25) is 0 Å². The van der Waals surface area contributed by atoms with Crippen molar-refractivity contribution < 1.29 is 9.53 Å². The summed E-state index contributed by atoms with van der Waals surface area (Å²) in [5, 5.41) is 9.37. The third-order valence-electron chi connectivity index (χ3n) is 4.66. The zero-order valence-electron chi connectivity index (χ0n) is 15.4. The Morgan fingerprint density at radius 3 is 2.57 bits per heavy atom. The molecule has 144 valence electrons. The average Bonchev–Trinajstić information content (AvgIpc) is 3.24. The molecule has 7 heteroatoms. The summed E-state index contributed by atoms with van der Waals surface area (Å²) >= 11 is 4.92. The van der Waals surface area contributed by atoms with Crippen molar-refractivity contribution in [3.05, 3.63) is 64.6 Å². The molecule has 1 aromatic heterocycles. The summed E-state index contributed by atoms with van der Waals surface area (Å²) in [4.78, 5) is 12.1. The van der Waals surface area contributed by atoms with Crippen molar-refractivity contribution in [3.63, 3.8) is 0 Å². The zero-order valence-corrected chi connectivity index (χ0v) is 17.8. The summed E-state index contributed by atoms with van der Waals surface area (Å²) in [7, 11) is 0. The smallest absolute Gasteiger partial charge is 0.319 e. The number of benzene rings is 2. The predicted octanol–water partition coefficient (Wildman–Crippen LogP) is 4.75. The third-order valence-corrected chi connectivity index (χ3v) is 6.37. The summed E-state index contributed by atoms with van der Waals surface area (Å²) in [5.41, 5.74) is 2.25. The molecule has 0 radical (unpaired) electrons. The molecule has 2 aromatic carbocycles. The van der Waals surface area contributed by atoms with Crippen LogP contribution in [-0.2, 0) is 22.5 Å². The lowest BCUT2D eigenvalue weighted by atomic mass is 10.1. The Labute approximate surface area is 176 Å². The minimum Gasteiger partial charge on any atom is -0.462 e. The summed E-state index contributed by atoms with van der Waals surface area (Å²) in [6.07, 6.45) is 1.51. The standard InChI is InChI=1S/C21H20BrN3O2S/c1-14-13-18(20(26)27-14)28-21-24-23-19(16-7-9-17(22)10-8-16)25(21)12-11-15-5-3-2-4-6-15/h2-10,14,18H,11-13H2,1H3/t14-,18-/m0/s1. The second-order valence-electron chi connectivity index (χ2n) is 6.79. The van der Waals surface area contributed by atoms with Gasteiger partial charge in [0, 0.05) is 23.0 Å². The topological polar surface area (TPSA) is 57.0 Å². The Morgan fingerprint density at radius 1 is 1.14 bits per heavy atom. The van der Waals surface area contributed by atoms with Gasteiger partial charge in [0.2, 0.25) is 0 Å². The minimum absolute atomic E-state index is 0.0448. The van der Waals surface area contributed by atoms with E-state index in [2.05, 4.69) is 42.8 Å². The van der Waals surface area contributed by atoms with Gasteiger partial charge in [-0.25, -0.2) is 0 Å². The van der Waals surface area contributed by atoms with Crippen LogP contribution < -0.4 is 0 Å². The van der Waals surface area contributed by atoms with Gasteiger partial charge in [0.15, 0.2) is 11.0 Å². The molecule has 3 aromatic rings. The van der Waals surface area contributed by atoms with Crippen molar-refractivity contribution >= 4 is 33.7 Å². The number of carbonyl (C=O) groups excluding carboxylic acids is 1. The van der Waals surface area contributed by atoms with Gasteiger partial charge in [-0.1, -0.05) is 70.2 Å². The van der Waals surface area contributed by atoms with Crippen molar-refractivity contribution in [2.24, 2.45) is 0 Å². The molecule has 1 aliphatic rings. The van der Waals surface area contributed by atoms with Crippen molar-refractivity contribution in [1.82, 2.24) is 14.8 Å². The number of cyclic esters (lactones) is 1. The molecule has 0 saturated carbocycles. The lowest BCUT2D eigenvalue weighted by Gasteiger charge is -2.12. The Balaban J connectivity index is 1.63. The average molecular weight is 458 g/mol. The Kier molecular flexibility index (Phi) is 5.82. The molecule has 0 unspecified atom stereocenters. The fourth-order valence-corrected chi connectivity index (χ4v) is 4.65. The van der Waals surface area contributed by atoms with Gasteiger partial charge in [-0.05, 0) is 31.0 Å². The number of aromatic nitrogens is 3. The second-order valence-corrected chi connectivity index (χ2v) is 8.88. The number of halogens is 1. The fraction of sp³-hybridized carbons (Fsp3) is 0.286. The van der Waals surface area contributed by atoms with Gasteiger partial charge < -0.3 is 9.30 Å². The van der Waals surface area contributed by atoms with E-state index >= 15 is 0 Å². The van der Waals surface area contributed by atoms with Crippen LogP contribution in [-0.4, -0.2) is 32.1 Å². The predicted molar refractivity (Wildman–Crippen MR) is 113 cm³/mol. The normalized spacial score (nSPS) is 19.0. The lowest BCUT2D eigenvalue weighted by Crippen LogP contribution is -2.12. The summed E-state index contributed by atoms with van der Waals surface area (Å²) in [5.74, 6) is 0.644. The molecule has 0 amide bonds. The fourth-order valence-electron chi connectivity index (χ4n) is 3.22. The number of rotatable bonds is 6. The quantitative estimate of drug-likeness (QED) is 0.500. The molecule has 0 bridgehead atoms. The number of carbonyl (C=O) groups is 1. The van der Waals surface area contributed by atoms with Crippen LogP contribution in [0.25, 0.3) is 11.4 Å². The van der Waals surface area contributed by atoms with Crippen molar-refractivity contribution in [3.8, 4) is 11.4 Å². The first kappa shape index (κ1) is 19.2. The Bertz CT molecular complexity index is 960. The Morgan fingerprint density at radius 2 is 1.89 bits per heavy atom. The second kappa shape index (κ2) is 8.49. The molecule has 0 N–H and O–H groups in total. The maximum absolute atomic E-state index is 12.1. The van der Waals surface area contributed by atoms with Gasteiger partial charge in [-0.2, -0.15) is 0 Å². The number of nitrogens with zero attached hydrogens (tertiary/aromatic N) is 3. The molecule has 1 fully saturated rings. The molecule has 2 heterocycles. The van der Waals surface area contributed by atoms with Gasteiger partial charge in [-0.15, -0.1) is 10.2 Å². The number of hydrogen-bond acceptors (Lipinski definition) is 5. The van der Waals surface area contributed by atoms with Gasteiger partial charge in [0.1, 0.15) is 11.4 Å². The highest BCUT2D eigenvalue weighted by Crippen LogP contribution is 2.33. The van der Waals surface area contributed by atoms with E-state index in [4.69, 9.17) is 4.74 Å². The van der Waals surface area contributed by atoms with E-state index in [-0.39, 0.29) is 17.3 Å². The molecule has 0 aliphatic carbocycles. The highest BCUT2D eigenvalue weighted by atomic mass is 79.9. The van der Waals surface area contributed by atoms with Crippen LogP contribution in [0, 0.1) is 0 Å². The first-order valence-electron chi connectivity index (χ1n) is 9.20. The first-order valence-corrected chi connectivity index (χ1v) is 10.9. The van der Waals surface area contributed by atoms with E-state index in [0.29, 0.717) is 6.42 Å². The van der Waals surface area contributed by atoms with E-state index in [0.717, 1.165) is 34.0 Å². The molecule has 5 nitrogen and oxygen atoms in total. The van der Waals surface area contributed by atoms with Crippen LogP contribution in [0.1, 0.15) is 18.9 Å². The molecular formula is C21H20BrN3O2S. The lowest BCUT2D eigenvalue weighted by molar-refractivity contribution is -0.140. The van der Waals surface area contributed by atoms with Crippen LogP contribution in [0.3, 0.4) is 0 Å². The maximum Gasteiger partial charge on any atom is 0.319 e. The van der Waals surface area contributed by atoms with Gasteiger partial charge in [0.25, 0.3) is 0 Å². The highest BCUT2D eigenvalue weighted by Gasteiger charge is 2.34. The number of ether oxygens (including phenoxy) is 1. The van der Waals surface area contributed by atoms with Crippen LogP contribution in [0.5, 0.6) is 0 Å². The SMILES string of the molecule is C[C@H]1C[C@H](Sc2nnc(-c3ccc(Br)cc3)n2CCc2ccccc2)C(=O)O1. The summed E-state index contributed by atoms with van der Waals surface area (Å²) in [6.45, 7) is 2.66. The molecular weight excluding hydrogens is 438 g/mol. The number of esters is 1. The van der Waals surface area contributed by atoms with Crippen molar-refractivity contribution in [2.75, 3.05) is 0 Å². The number of thioether (sulfide) groups is 1. The zero-order chi connectivity index (χ0) is 19.5. The van der Waals surface area contributed by atoms with Gasteiger partial charge >= 0.3 is 5.97 Å². The van der Waals surface area contributed by atoms with E-state index in [9.17, 15) is 4.79 Å². The monoisotopic (exact) mass is 457 g/mol. The third kappa shape index (κ3) is 4.31. The molecule has 2 atom stereocenters. The van der Waals surface area contributed by atoms with Crippen LogP contribution in [0.15, 0.2) is 64.2 Å². The summed E-state index contributed by atoms with van der Waals surface area (Å²) in [6, 6.07) is 18.4. The van der Waals surface area contributed by atoms with E-state index in [1.165, 1.54) is 17.3 Å².